The first-order valence-corrected chi connectivity index (χ1v) is 1.71. The zero-order valence-electron chi connectivity index (χ0n) is 3.66. The highest BCUT2D eigenvalue weighted by atomic mass is 16.1. The third-order valence-electron chi connectivity index (χ3n) is 0.374. The van der Waals surface area contributed by atoms with E-state index in [-0.39, 0.29) is 6.42 Å². The molecule has 0 atom stereocenters. The number of primary amides is 1. The molecule has 0 aromatic carbocycles. The van der Waals surface area contributed by atoms with E-state index in [2.05, 4.69) is 10.5 Å². The Labute approximate surface area is 40.6 Å². The molecule has 4 heteroatoms. The molecule has 0 aromatic heterocycles. The first-order valence-electron chi connectivity index (χ1n) is 1.71. The zero-order chi connectivity index (χ0) is 5.70. The van der Waals surface area contributed by atoms with Crippen LogP contribution in [0.25, 0.3) is 5.53 Å². The smallest absolute Gasteiger partial charge is 0.266 e. The van der Waals surface area contributed by atoms with Crippen molar-refractivity contribution in [3.8, 4) is 0 Å². The van der Waals surface area contributed by atoms with Crippen LogP contribution in [-0.2, 0) is 4.79 Å². The number of amides is 1. The van der Waals surface area contributed by atoms with Crippen LogP contribution in [0.1, 0.15) is 6.42 Å². The monoisotopic (exact) mass is 99.0 g/mol. The predicted molar refractivity (Wildman–Crippen MR) is 23.5 cm³/mol. The number of hydrogen-bond acceptors (Lipinski definition) is 1. The topological polar surface area (TPSA) is 79.5 Å². The molecule has 0 aromatic rings. The maximum absolute atomic E-state index is 9.78. The third-order valence-corrected chi connectivity index (χ3v) is 0.374. The fourth-order valence-electron chi connectivity index (χ4n) is 0.131. The number of hydrogen-bond donors (Lipinski definition) is 1. The van der Waals surface area contributed by atoms with Crippen LogP contribution in [0.15, 0.2) is 0 Å². The van der Waals surface area contributed by atoms with E-state index in [0.29, 0.717) is 0 Å². The van der Waals surface area contributed by atoms with Crippen molar-refractivity contribution in [2.75, 3.05) is 0 Å². The molecule has 0 aliphatic rings. The predicted octanol–water partition coefficient (Wildman–Crippen LogP) is -0.838. The normalized spacial score (nSPS) is 6.86. The van der Waals surface area contributed by atoms with E-state index in [1.807, 2.05) is 0 Å². The summed E-state index contributed by atoms with van der Waals surface area (Å²) in [4.78, 5) is 12.3. The van der Waals surface area contributed by atoms with Crippen molar-refractivity contribution in [3.63, 3.8) is 0 Å². The molecule has 0 saturated carbocycles. The van der Waals surface area contributed by atoms with Crippen molar-refractivity contribution < 1.29 is 9.58 Å². The van der Waals surface area contributed by atoms with Gasteiger partial charge in [-0.1, -0.05) is 0 Å². The third kappa shape index (κ3) is 4.85. The maximum atomic E-state index is 9.78. The van der Waals surface area contributed by atoms with Crippen molar-refractivity contribution in [2.45, 2.75) is 6.42 Å². The minimum absolute atomic E-state index is 0.00347. The second-order valence-corrected chi connectivity index (χ2v) is 0.968. The summed E-state index contributed by atoms with van der Waals surface area (Å²) in [7, 11) is 0. The Balaban J connectivity index is 3.32. The molecule has 0 bridgehead atoms. The van der Waals surface area contributed by atoms with E-state index in [1.165, 1.54) is 0 Å². The fraction of sp³-hybridized carbons (Fsp3) is 0.333. The van der Waals surface area contributed by atoms with Crippen molar-refractivity contribution in [2.24, 2.45) is 5.73 Å². The highest BCUT2D eigenvalue weighted by molar-refractivity contribution is 5.86. The molecule has 0 heterocycles. The molecular weight excluding hydrogens is 94.1 g/mol. The van der Waals surface area contributed by atoms with Crippen LogP contribution < -0.4 is 5.73 Å². The van der Waals surface area contributed by atoms with Gasteiger partial charge in [0.2, 0.25) is 5.91 Å². The summed E-state index contributed by atoms with van der Waals surface area (Å²) in [5.41, 5.74) is 12.3. The van der Waals surface area contributed by atoms with Gasteiger partial charge in [0.25, 0.3) is 6.21 Å². The SMILES string of the molecule is [N-]=[N+]=CCC(N)=O. The molecule has 38 valence electrons. The Morgan fingerprint density at radius 2 is 2.57 bits per heavy atom. The maximum Gasteiger partial charge on any atom is 0.266 e. The minimum atomic E-state index is -0.502. The van der Waals surface area contributed by atoms with Gasteiger partial charge in [-0.3, -0.25) is 4.79 Å². The van der Waals surface area contributed by atoms with Gasteiger partial charge >= 0.3 is 0 Å². The van der Waals surface area contributed by atoms with E-state index in [0.717, 1.165) is 6.21 Å². The zero-order valence-corrected chi connectivity index (χ0v) is 3.66. The highest BCUT2D eigenvalue weighted by Crippen LogP contribution is 1.61. The number of nitrogens with zero attached hydrogens (tertiary/aromatic N) is 2. The van der Waals surface area contributed by atoms with Gasteiger partial charge in [-0.2, -0.15) is 4.79 Å². The standard InChI is InChI=1S/C3H5N3O/c4-3(7)1-2-6-5/h2H,1H2,(H2,4,7). The molecule has 0 rings (SSSR count). The number of carbonyl (C=O) groups is 1. The lowest BCUT2D eigenvalue weighted by Gasteiger charge is -1.71. The van der Waals surface area contributed by atoms with Gasteiger partial charge in [0.1, 0.15) is 6.42 Å². The van der Waals surface area contributed by atoms with Crippen molar-refractivity contribution >= 4 is 12.1 Å². The van der Waals surface area contributed by atoms with E-state index in [4.69, 9.17) is 5.53 Å². The summed E-state index contributed by atoms with van der Waals surface area (Å²) in [5.74, 6) is -0.502. The summed E-state index contributed by atoms with van der Waals surface area (Å²) in [5, 5.41) is 0. The van der Waals surface area contributed by atoms with Gasteiger partial charge in [0.05, 0.1) is 0 Å². The summed E-state index contributed by atoms with van der Waals surface area (Å²) < 4.78 is 0. The molecule has 0 fully saturated rings. The first-order chi connectivity index (χ1) is 3.27. The molecule has 1 amide bonds. The number of nitrogens with two attached hydrogens (primary N) is 1. The molecule has 4 nitrogen and oxygen atoms in total. The van der Waals surface area contributed by atoms with E-state index >= 15 is 0 Å². The highest BCUT2D eigenvalue weighted by Gasteiger charge is 1.89. The lowest BCUT2D eigenvalue weighted by molar-refractivity contribution is -0.117. The molecule has 0 saturated heterocycles. The van der Waals surface area contributed by atoms with Crippen LogP contribution in [0, 0.1) is 0 Å². The fourth-order valence-corrected chi connectivity index (χ4v) is 0.131. The van der Waals surface area contributed by atoms with Gasteiger partial charge in [0.15, 0.2) is 0 Å². The van der Waals surface area contributed by atoms with Gasteiger partial charge < -0.3 is 11.3 Å². The molecule has 0 aliphatic carbocycles. The first kappa shape index (κ1) is 5.85. The van der Waals surface area contributed by atoms with Crippen LogP contribution in [0.2, 0.25) is 0 Å². The van der Waals surface area contributed by atoms with Crippen LogP contribution in [0.5, 0.6) is 0 Å². The molecule has 0 spiro atoms. The molecular formula is C3H5N3O. The number of carbonyl (C=O) groups excluding carboxylic acids is 1. The van der Waals surface area contributed by atoms with Crippen LogP contribution >= 0.6 is 0 Å². The van der Waals surface area contributed by atoms with Crippen molar-refractivity contribution in [1.82, 2.24) is 0 Å². The minimum Gasteiger partial charge on any atom is -0.369 e. The second kappa shape index (κ2) is 3.06. The molecule has 2 N–H and O–H groups in total. The van der Waals surface area contributed by atoms with E-state index < -0.39 is 5.91 Å². The van der Waals surface area contributed by atoms with Gasteiger partial charge in [0, 0.05) is 0 Å². The molecule has 0 unspecified atom stereocenters. The Morgan fingerprint density at radius 1 is 2.00 bits per heavy atom. The van der Waals surface area contributed by atoms with Gasteiger partial charge in [-0.15, -0.1) is 0 Å². The summed E-state index contributed by atoms with van der Waals surface area (Å²) in [6.07, 6.45) is 1.03. The Kier molecular flexibility index (Phi) is 2.55. The number of rotatable bonds is 2. The second-order valence-electron chi connectivity index (χ2n) is 0.968. The van der Waals surface area contributed by atoms with E-state index in [1.54, 1.807) is 0 Å². The van der Waals surface area contributed by atoms with Crippen LogP contribution in [0.3, 0.4) is 0 Å². The van der Waals surface area contributed by atoms with Crippen LogP contribution in [-0.4, -0.2) is 16.9 Å². The van der Waals surface area contributed by atoms with Crippen molar-refractivity contribution in [1.29, 1.82) is 0 Å². The summed E-state index contributed by atoms with van der Waals surface area (Å²) >= 11 is 0. The van der Waals surface area contributed by atoms with E-state index in [9.17, 15) is 4.79 Å². The van der Waals surface area contributed by atoms with Crippen molar-refractivity contribution in [3.05, 3.63) is 5.53 Å². The Hall–Kier alpha value is -1.15. The lowest BCUT2D eigenvalue weighted by Crippen LogP contribution is -2.10. The summed E-state index contributed by atoms with van der Waals surface area (Å²) in [6, 6.07) is 0. The quantitative estimate of drug-likeness (QED) is 0.273. The molecule has 0 aliphatic heterocycles. The molecule has 0 radical (unpaired) electrons. The lowest BCUT2D eigenvalue weighted by atomic mass is 10.5. The van der Waals surface area contributed by atoms with Gasteiger partial charge in [-0.05, 0) is 0 Å². The Bertz CT molecular complexity index is 113. The summed E-state index contributed by atoms with van der Waals surface area (Å²) in [6.45, 7) is 0. The largest absolute Gasteiger partial charge is 0.369 e. The van der Waals surface area contributed by atoms with Gasteiger partial charge in [-0.25, -0.2) is 0 Å². The average molecular weight is 99.1 g/mol. The van der Waals surface area contributed by atoms with Crippen LogP contribution in [0.4, 0.5) is 0 Å². The molecule has 7 heavy (non-hydrogen) atoms. The Morgan fingerprint density at radius 3 is 2.71 bits per heavy atom. The average Bonchev–Trinajstić information content (AvgIpc) is 1.61.